The van der Waals surface area contributed by atoms with E-state index in [1.165, 1.54) is 11.1 Å². The lowest BCUT2D eigenvalue weighted by atomic mass is 10.1. The number of benzene rings is 1. The number of rotatable bonds is 1. The Balaban J connectivity index is 2.47. The van der Waals surface area contributed by atoms with Crippen LogP contribution in [0.2, 0.25) is 0 Å². The highest BCUT2D eigenvalue weighted by molar-refractivity contribution is 7.80. The van der Waals surface area contributed by atoms with Crippen LogP contribution in [0.1, 0.15) is 16.7 Å². The molecule has 14 heavy (non-hydrogen) atoms. The zero-order valence-electron chi connectivity index (χ0n) is 7.98. The summed E-state index contributed by atoms with van der Waals surface area (Å²) in [5.41, 5.74) is 3.36. The van der Waals surface area contributed by atoms with Crippen molar-refractivity contribution in [2.24, 2.45) is 15.2 Å². The fourth-order valence-electron chi connectivity index (χ4n) is 1.45. The number of hydrogen-bond acceptors (Lipinski definition) is 2. The maximum Gasteiger partial charge on any atom is 0.242 e. The molecule has 0 unspecified atom stereocenters. The Morgan fingerprint density at radius 1 is 1.00 bits per heavy atom. The lowest BCUT2D eigenvalue weighted by Crippen LogP contribution is -1.95. The SMILES string of the molecule is Cc1cc(C)cc(C2=NC(=S)N=N2)c1. The van der Waals surface area contributed by atoms with E-state index < -0.39 is 0 Å². The van der Waals surface area contributed by atoms with Gasteiger partial charge in [0.05, 0.1) is 0 Å². The van der Waals surface area contributed by atoms with Crippen molar-refractivity contribution in [2.75, 3.05) is 0 Å². The Morgan fingerprint density at radius 2 is 1.64 bits per heavy atom. The fourth-order valence-corrected chi connectivity index (χ4v) is 1.58. The van der Waals surface area contributed by atoms with Crippen molar-refractivity contribution in [3.8, 4) is 0 Å². The lowest BCUT2D eigenvalue weighted by molar-refractivity contribution is 1.35. The molecule has 0 spiro atoms. The zero-order valence-corrected chi connectivity index (χ0v) is 8.80. The highest BCUT2D eigenvalue weighted by atomic mass is 32.1. The zero-order chi connectivity index (χ0) is 10.1. The molecular weight excluding hydrogens is 194 g/mol. The maximum absolute atomic E-state index is 4.81. The van der Waals surface area contributed by atoms with E-state index >= 15 is 0 Å². The second kappa shape index (κ2) is 3.38. The first-order chi connectivity index (χ1) is 6.65. The van der Waals surface area contributed by atoms with E-state index in [2.05, 4.69) is 21.3 Å². The van der Waals surface area contributed by atoms with Crippen LogP contribution in [0.5, 0.6) is 0 Å². The molecule has 0 fully saturated rings. The number of thiocarbonyl (C=S) groups is 1. The molecule has 1 heterocycles. The van der Waals surface area contributed by atoms with Gasteiger partial charge in [0.15, 0.2) is 5.84 Å². The van der Waals surface area contributed by atoms with Crippen molar-refractivity contribution < 1.29 is 0 Å². The van der Waals surface area contributed by atoms with Crippen molar-refractivity contribution in [2.45, 2.75) is 13.8 Å². The Bertz CT molecular complexity index is 440. The largest absolute Gasteiger partial charge is 0.242 e. The summed E-state index contributed by atoms with van der Waals surface area (Å²) in [7, 11) is 0. The van der Waals surface area contributed by atoms with Gasteiger partial charge in [0.2, 0.25) is 5.11 Å². The van der Waals surface area contributed by atoms with Crippen molar-refractivity contribution in [3.05, 3.63) is 34.9 Å². The molecule has 2 rings (SSSR count). The monoisotopic (exact) mass is 203 g/mol. The predicted molar refractivity (Wildman–Crippen MR) is 59.9 cm³/mol. The van der Waals surface area contributed by atoms with Crippen LogP contribution in [0.4, 0.5) is 0 Å². The van der Waals surface area contributed by atoms with Crippen LogP contribution >= 0.6 is 12.2 Å². The predicted octanol–water partition coefficient (Wildman–Crippen LogP) is 2.80. The van der Waals surface area contributed by atoms with Gasteiger partial charge in [-0.15, -0.1) is 10.2 Å². The molecule has 0 N–H and O–H groups in total. The van der Waals surface area contributed by atoms with E-state index in [0.717, 1.165) is 5.56 Å². The molecule has 4 heteroatoms. The molecule has 1 aliphatic heterocycles. The fraction of sp³-hybridized carbons (Fsp3) is 0.200. The molecule has 0 saturated heterocycles. The molecule has 0 amide bonds. The van der Waals surface area contributed by atoms with E-state index in [4.69, 9.17) is 12.2 Å². The van der Waals surface area contributed by atoms with Crippen molar-refractivity contribution in [3.63, 3.8) is 0 Å². The second-order valence-electron chi connectivity index (χ2n) is 3.29. The molecule has 0 bridgehead atoms. The highest BCUT2D eigenvalue weighted by Crippen LogP contribution is 2.13. The average molecular weight is 203 g/mol. The smallest absolute Gasteiger partial charge is 0.195 e. The Morgan fingerprint density at radius 3 is 2.14 bits per heavy atom. The van der Waals surface area contributed by atoms with E-state index in [9.17, 15) is 0 Å². The third kappa shape index (κ3) is 1.75. The topological polar surface area (TPSA) is 37.1 Å². The molecule has 0 atom stereocenters. The molecule has 0 radical (unpaired) electrons. The maximum atomic E-state index is 4.81. The van der Waals surface area contributed by atoms with Gasteiger partial charge in [-0.05, 0) is 38.2 Å². The van der Waals surface area contributed by atoms with Crippen LogP contribution in [-0.4, -0.2) is 10.9 Å². The first-order valence-corrected chi connectivity index (χ1v) is 4.69. The molecular formula is C10H9N3S. The Hall–Kier alpha value is -1.42. The quantitative estimate of drug-likeness (QED) is 0.646. The summed E-state index contributed by atoms with van der Waals surface area (Å²) in [6.45, 7) is 4.09. The van der Waals surface area contributed by atoms with Gasteiger partial charge in [-0.25, -0.2) is 0 Å². The molecule has 3 nitrogen and oxygen atoms in total. The van der Waals surface area contributed by atoms with E-state index in [1.54, 1.807) is 0 Å². The minimum absolute atomic E-state index is 0.305. The van der Waals surface area contributed by atoms with E-state index in [0.29, 0.717) is 10.9 Å². The minimum Gasteiger partial charge on any atom is -0.195 e. The van der Waals surface area contributed by atoms with Crippen molar-refractivity contribution in [1.82, 2.24) is 0 Å². The van der Waals surface area contributed by atoms with Gasteiger partial charge in [-0.2, -0.15) is 4.99 Å². The molecule has 1 aromatic rings. The number of hydrogen-bond donors (Lipinski definition) is 0. The molecule has 0 aliphatic carbocycles. The van der Waals surface area contributed by atoms with Crippen molar-refractivity contribution >= 4 is 23.2 Å². The molecule has 70 valence electrons. The first-order valence-electron chi connectivity index (χ1n) is 4.28. The van der Waals surface area contributed by atoms with E-state index in [-0.39, 0.29) is 0 Å². The highest BCUT2D eigenvalue weighted by Gasteiger charge is 2.10. The average Bonchev–Trinajstić information content (AvgIpc) is 2.50. The summed E-state index contributed by atoms with van der Waals surface area (Å²) in [5, 5.41) is 7.91. The van der Waals surface area contributed by atoms with Crippen LogP contribution < -0.4 is 0 Å². The first kappa shape index (κ1) is 9.15. The van der Waals surface area contributed by atoms with Gasteiger partial charge in [0, 0.05) is 5.56 Å². The van der Waals surface area contributed by atoms with Crippen LogP contribution in [0.25, 0.3) is 0 Å². The van der Waals surface area contributed by atoms with Gasteiger partial charge >= 0.3 is 0 Å². The Kier molecular flexibility index (Phi) is 2.21. The summed E-state index contributed by atoms with van der Waals surface area (Å²) >= 11 is 4.81. The van der Waals surface area contributed by atoms with Gasteiger partial charge in [0.25, 0.3) is 0 Å². The van der Waals surface area contributed by atoms with E-state index in [1.807, 2.05) is 26.0 Å². The van der Waals surface area contributed by atoms with Crippen LogP contribution in [0.3, 0.4) is 0 Å². The summed E-state index contributed by atoms with van der Waals surface area (Å²) in [4.78, 5) is 4.06. The Labute approximate surface area is 87.6 Å². The minimum atomic E-state index is 0.305. The lowest BCUT2D eigenvalue weighted by Gasteiger charge is -2.00. The van der Waals surface area contributed by atoms with Gasteiger partial charge < -0.3 is 0 Å². The number of azo groups is 1. The number of amidine groups is 1. The standard InChI is InChI=1S/C10H9N3S/c1-6-3-7(2)5-8(4-6)9-11-10(14)13-12-9/h3-5H,1-2H3. The third-order valence-corrected chi connectivity index (χ3v) is 2.08. The molecule has 1 aromatic carbocycles. The second-order valence-corrected chi connectivity index (χ2v) is 3.66. The normalized spacial score (nSPS) is 14.7. The third-order valence-electron chi connectivity index (χ3n) is 1.91. The molecule has 0 aromatic heterocycles. The van der Waals surface area contributed by atoms with Crippen molar-refractivity contribution in [1.29, 1.82) is 0 Å². The van der Waals surface area contributed by atoms with Crippen LogP contribution in [0.15, 0.2) is 33.4 Å². The number of aliphatic imine (C=N–C) groups is 1. The molecule has 1 aliphatic rings. The van der Waals surface area contributed by atoms with Crippen LogP contribution in [0, 0.1) is 13.8 Å². The summed E-state index contributed by atoms with van der Waals surface area (Å²) in [6.07, 6.45) is 0. The van der Waals surface area contributed by atoms with Gasteiger partial charge in [-0.1, -0.05) is 17.2 Å². The van der Waals surface area contributed by atoms with Gasteiger partial charge in [-0.3, -0.25) is 0 Å². The summed E-state index contributed by atoms with van der Waals surface area (Å²) < 4.78 is 0. The summed E-state index contributed by atoms with van der Waals surface area (Å²) in [5.74, 6) is 0.613. The summed E-state index contributed by atoms with van der Waals surface area (Å²) in [6, 6.07) is 6.16. The van der Waals surface area contributed by atoms with Crippen LogP contribution in [-0.2, 0) is 0 Å². The number of aryl methyl sites for hydroxylation is 2. The van der Waals surface area contributed by atoms with Gasteiger partial charge in [0.1, 0.15) is 0 Å². The number of nitrogens with zero attached hydrogens (tertiary/aromatic N) is 3. The molecule has 0 saturated carbocycles.